The summed E-state index contributed by atoms with van der Waals surface area (Å²) in [5.74, 6) is 0.567. The molecule has 2 heterocycles. The number of hydrogen-bond donors (Lipinski definition) is 1. The van der Waals surface area contributed by atoms with Gasteiger partial charge in [0.2, 0.25) is 18.6 Å². The van der Waals surface area contributed by atoms with Crippen LogP contribution in [0.1, 0.15) is 12.5 Å². The first-order chi connectivity index (χ1) is 17.0. The Bertz CT molecular complexity index is 1390. The van der Waals surface area contributed by atoms with E-state index in [0.717, 1.165) is 11.1 Å². The number of aromatic nitrogens is 3. The van der Waals surface area contributed by atoms with Gasteiger partial charge in [-0.25, -0.2) is 4.68 Å². The molecule has 0 fully saturated rings. The summed E-state index contributed by atoms with van der Waals surface area (Å²) in [6.07, 6.45) is 0. The smallest absolute Gasteiger partial charge is 0.246 e. The lowest BCUT2D eigenvalue weighted by molar-refractivity contribution is -0.139. The third-order valence-electron chi connectivity index (χ3n) is 5.78. The molecule has 1 atom stereocenters. The van der Waals surface area contributed by atoms with Crippen LogP contribution in [0.4, 0.5) is 5.69 Å². The Morgan fingerprint density at radius 2 is 1.86 bits per heavy atom. The first-order valence-electron chi connectivity index (χ1n) is 11.0. The minimum Gasteiger partial charge on any atom is -0.454 e. The quantitative estimate of drug-likeness (QED) is 0.421. The van der Waals surface area contributed by atoms with Gasteiger partial charge in [0.15, 0.2) is 11.5 Å². The highest BCUT2D eigenvalue weighted by molar-refractivity contribution is 6.30. The number of hydrogen-bond acceptors (Lipinski definition) is 6. The summed E-state index contributed by atoms with van der Waals surface area (Å²) in [7, 11) is 0. The highest BCUT2D eigenvalue weighted by Gasteiger charge is 2.27. The molecule has 0 unspecified atom stereocenters. The normalized spacial score (nSPS) is 13.0. The largest absolute Gasteiger partial charge is 0.454 e. The fraction of sp³-hybridized carbons (Fsp3) is 0.200. The molecule has 3 aromatic carbocycles. The summed E-state index contributed by atoms with van der Waals surface area (Å²) >= 11 is 6.02. The van der Waals surface area contributed by atoms with Gasteiger partial charge in [-0.2, -0.15) is 0 Å². The number of ether oxygens (including phenoxy) is 2. The lowest BCUT2D eigenvalue weighted by Gasteiger charge is -2.29. The molecule has 0 aliphatic carbocycles. The van der Waals surface area contributed by atoms with E-state index in [2.05, 4.69) is 15.6 Å². The molecule has 1 aromatic heterocycles. The van der Waals surface area contributed by atoms with E-state index in [1.165, 1.54) is 9.58 Å². The van der Waals surface area contributed by atoms with Gasteiger partial charge in [-0.15, -0.1) is 5.10 Å². The van der Waals surface area contributed by atoms with E-state index in [1.54, 1.807) is 37.3 Å². The maximum atomic E-state index is 13.5. The maximum absolute atomic E-state index is 13.5. The standard InChI is InChI=1S/C25H22ClN5O4/c1-16(25(33)27-19-10-11-22-23(12-19)35-15-34-22)30(13-17-6-8-18(26)9-7-17)24(32)14-31-21-5-3-2-4-20(21)28-29-31/h2-12,16H,13-15H2,1H3,(H,27,33)/t16-/m0/s1. The molecule has 1 N–H and O–H groups in total. The fourth-order valence-corrected chi connectivity index (χ4v) is 3.97. The first-order valence-corrected chi connectivity index (χ1v) is 11.4. The monoisotopic (exact) mass is 491 g/mol. The predicted molar refractivity (Wildman–Crippen MR) is 130 cm³/mol. The number of nitrogens with one attached hydrogen (secondary N) is 1. The van der Waals surface area contributed by atoms with Crippen molar-refractivity contribution in [3.63, 3.8) is 0 Å². The Balaban J connectivity index is 1.37. The number of carbonyl (C=O) groups excluding carboxylic acids is 2. The second kappa shape index (κ2) is 9.63. The highest BCUT2D eigenvalue weighted by atomic mass is 35.5. The van der Waals surface area contributed by atoms with Crippen molar-refractivity contribution in [3.05, 3.63) is 77.3 Å². The maximum Gasteiger partial charge on any atom is 0.246 e. The van der Waals surface area contributed by atoms with Crippen molar-refractivity contribution >= 4 is 40.1 Å². The molecule has 35 heavy (non-hydrogen) atoms. The molecule has 9 nitrogen and oxygen atoms in total. The van der Waals surface area contributed by atoms with Gasteiger partial charge in [-0.1, -0.05) is 41.1 Å². The Hall–Kier alpha value is -4.11. The summed E-state index contributed by atoms with van der Waals surface area (Å²) in [5, 5.41) is 11.7. The second-order valence-corrected chi connectivity index (χ2v) is 8.55. The van der Waals surface area contributed by atoms with Crippen molar-refractivity contribution < 1.29 is 19.1 Å². The van der Waals surface area contributed by atoms with Crippen LogP contribution in [0.25, 0.3) is 11.0 Å². The Labute approximate surface area is 206 Å². The topological polar surface area (TPSA) is 98.6 Å². The molecule has 10 heteroatoms. The Kier molecular flexibility index (Phi) is 6.24. The number of anilines is 1. The van der Waals surface area contributed by atoms with Crippen LogP contribution < -0.4 is 14.8 Å². The number of halogens is 1. The van der Waals surface area contributed by atoms with Gasteiger partial charge < -0.3 is 19.7 Å². The molecule has 5 rings (SSSR count). The van der Waals surface area contributed by atoms with Crippen LogP contribution in [0, 0.1) is 0 Å². The number of amides is 2. The van der Waals surface area contributed by atoms with E-state index in [1.807, 2.05) is 36.4 Å². The summed E-state index contributed by atoms with van der Waals surface area (Å²) in [6.45, 7) is 1.99. The van der Waals surface area contributed by atoms with Crippen LogP contribution in [0.2, 0.25) is 5.02 Å². The molecule has 0 saturated carbocycles. The lowest BCUT2D eigenvalue weighted by atomic mass is 10.1. The zero-order valence-corrected chi connectivity index (χ0v) is 19.6. The van der Waals surface area contributed by atoms with Crippen molar-refractivity contribution in [1.29, 1.82) is 0 Å². The molecular formula is C25H22ClN5O4. The van der Waals surface area contributed by atoms with Crippen molar-refractivity contribution in [1.82, 2.24) is 19.9 Å². The number of carbonyl (C=O) groups is 2. The Morgan fingerprint density at radius 1 is 1.09 bits per heavy atom. The van der Waals surface area contributed by atoms with E-state index in [9.17, 15) is 9.59 Å². The molecule has 0 bridgehead atoms. The van der Waals surface area contributed by atoms with Crippen LogP contribution in [0.15, 0.2) is 66.7 Å². The minimum absolute atomic E-state index is 0.0598. The molecule has 1 aliphatic rings. The summed E-state index contributed by atoms with van der Waals surface area (Å²) in [5.41, 5.74) is 2.82. The molecule has 0 spiro atoms. The van der Waals surface area contributed by atoms with Gasteiger partial charge in [0, 0.05) is 23.3 Å². The van der Waals surface area contributed by atoms with Crippen molar-refractivity contribution in [3.8, 4) is 11.5 Å². The lowest BCUT2D eigenvalue weighted by Crippen LogP contribution is -2.46. The molecule has 2 amide bonds. The first kappa shape index (κ1) is 22.7. The second-order valence-electron chi connectivity index (χ2n) is 8.12. The highest BCUT2D eigenvalue weighted by Crippen LogP contribution is 2.34. The van der Waals surface area contributed by atoms with Crippen molar-refractivity contribution in [2.45, 2.75) is 26.1 Å². The zero-order chi connectivity index (χ0) is 24.4. The van der Waals surface area contributed by atoms with Gasteiger partial charge in [-0.3, -0.25) is 9.59 Å². The summed E-state index contributed by atoms with van der Waals surface area (Å²) in [4.78, 5) is 28.2. The zero-order valence-electron chi connectivity index (χ0n) is 18.8. The van der Waals surface area contributed by atoms with Crippen LogP contribution in [-0.2, 0) is 22.7 Å². The molecular weight excluding hydrogens is 470 g/mol. The van der Waals surface area contributed by atoms with E-state index in [-0.39, 0.29) is 31.7 Å². The van der Waals surface area contributed by atoms with Gasteiger partial charge in [0.1, 0.15) is 18.1 Å². The van der Waals surface area contributed by atoms with Crippen LogP contribution >= 0.6 is 11.6 Å². The molecule has 0 radical (unpaired) electrons. The number of rotatable bonds is 7. The third-order valence-corrected chi connectivity index (χ3v) is 6.03. The third kappa shape index (κ3) is 4.90. The van der Waals surface area contributed by atoms with Crippen molar-refractivity contribution in [2.75, 3.05) is 12.1 Å². The fourth-order valence-electron chi connectivity index (χ4n) is 3.84. The minimum atomic E-state index is -0.779. The van der Waals surface area contributed by atoms with E-state index in [4.69, 9.17) is 21.1 Å². The average Bonchev–Trinajstić information content (AvgIpc) is 3.50. The summed E-state index contributed by atoms with van der Waals surface area (Å²) in [6, 6.07) is 18.9. The van der Waals surface area contributed by atoms with Crippen molar-refractivity contribution in [2.24, 2.45) is 0 Å². The summed E-state index contributed by atoms with van der Waals surface area (Å²) < 4.78 is 12.2. The van der Waals surface area contributed by atoms with Gasteiger partial charge in [0.25, 0.3) is 0 Å². The Morgan fingerprint density at radius 3 is 2.69 bits per heavy atom. The van der Waals surface area contributed by atoms with Crippen LogP contribution in [0.3, 0.4) is 0 Å². The van der Waals surface area contributed by atoms with Gasteiger partial charge in [0.05, 0.1) is 5.52 Å². The van der Waals surface area contributed by atoms with E-state index < -0.39 is 6.04 Å². The van der Waals surface area contributed by atoms with Gasteiger partial charge in [-0.05, 0) is 48.9 Å². The molecule has 0 saturated heterocycles. The molecule has 178 valence electrons. The van der Waals surface area contributed by atoms with Crippen LogP contribution in [-0.4, -0.2) is 44.5 Å². The van der Waals surface area contributed by atoms with Gasteiger partial charge >= 0.3 is 0 Å². The van der Waals surface area contributed by atoms with E-state index in [0.29, 0.717) is 27.7 Å². The van der Waals surface area contributed by atoms with E-state index >= 15 is 0 Å². The number of fused-ring (bicyclic) bond motifs is 2. The number of benzene rings is 3. The number of nitrogens with zero attached hydrogens (tertiary/aromatic N) is 4. The SMILES string of the molecule is C[C@@H](C(=O)Nc1ccc2c(c1)OCO2)N(Cc1ccc(Cl)cc1)C(=O)Cn1nnc2ccccc21. The number of para-hydroxylation sites is 1. The average molecular weight is 492 g/mol. The van der Waals surface area contributed by atoms with Crippen LogP contribution in [0.5, 0.6) is 11.5 Å². The predicted octanol–water partition coefficient (Wildman–Crippen LogP) is 3.87. The molecule has 4 aromatic rings. The molecule has 1 aliphatic heterocycles.